The molecule has 136 valence electrons. The number of allylic oxidation sites excluding steroid dienone is 1. The molecule has 0 unspecified atom stereocenters. The topological polar surface area (TPSA) is 62.5 Å². The molecule has 0 aliphatic heterocycles. The number of halogens is 1. The van der Waals surface area contributed by atoms with E-state index in [0.717, 1.165) is 22.3 Å². The molecule has 0 aliphatic carbocycles. The molecular weight excluding hydrogens is 333 g/mol. The van der Waals surface area contributed by atoms with Gasteiger partial charge in [0.25, 0.3) is 0 Å². The van der Waals surface area contributed by atoms with Gasteiger partial charge >= 0.3 is 0 Å². The number of nitrogens with zero attached hydrogens (tertiary/aromatic N) is 1. The Balaban J connectivity index is 2.84. The molecule has 2 aromatic rings. The summed E-state index contributed by atoms with van der Waals surface area (Å²) in [6.45, 7) is 4.08. The van der Waals surface area contributed by atoms with E-state index in [4.69, 9.17) is 19.8 Å². The van der Waals surface area contributed by atoms with Crippen molar-refractivity contribution < 1.29 is 19.0 Å². The number of benzene rings is 2. The fourth-order valence-electron chi connectivity index (χ4n) is 2.82. The summed E-state index contributed by atoms with van der Waals surface area (Å²) in [5, 5.41) is 18.1. The van der Waals surface area contributed by atoms with E-state index >= 15 is 0 Å². The Morgan fingerprint density at radius 1 is 1.27 bits per heavy atom. The van der Waals surface area contributed by atoms with Crippen LogP contribution in [0.3, 0.4) is 0 Å². The van der Waals surface area contributed by atoms with Gasteiger partial charge in [0, 0.05) is 11.6 Å². The summed E-state index contributed by atoms with van der Waals surface area (Å²) in [5.74, 6) is 0.791. The number of aliphatic hydroxyl groups is 1. The molecule has 5 heteroatoms. The molecule has 4 nitrogen and oxygen atoms in total. The number of aliphatic hydroxyl groups excluding tert-OH is 1. The summed E-state index contributed by atoms with van der Waals surface area (Å²) in [6, 6.07) is 9.96. The van der Waals surface area contributed by atoms with Crippen LogP contribution in [0.2, 0.25) is 0 Å². The zero-order valence-electron chi connectivity index (χ0n) is 15.1. The molecule has 0 radical (unpaired) electrons. The summed E-state index contributed by atoms with van der Waals surface area (Å²) < 4.78 is 24.7. The van der Waals surface area contributed by atoms with Crippen LogP contribution in [0.1, 0.15) is 30.9 Å². The summed E-state index contributed by atoms with van der Waals surface area (Å²) in [5.41, 5.74) is 3.25. The highest BCUT2D eigenvalue weighted by Gasteiger charge is 2.21. The average molecular weight is 355 g/mol. The minimum atomic E-state index is -0.335. The number of hydrogen-bond donors (Lipinski definition) is 1. The molecule has 2 aromatic carbocycles. The first-order valence-electron chi connectivity index (χ1n) is 8.34. The number of rotatable bonds is 7. The van der Waals surface area contributed by atoms with E-state index in [0.29, 0.717) is 11.5 Å². The predicted octanol–water partition coefficient (Wildman–Crippen LogP) is 4.53. The Morgan fingerprint density at radius 2 is 1.96 bits per heavy atom. The smallest absolute Gasteiger partial charge is 0.169 e. The third-order valence-electron chi connectivity index (χ3n) is 3.95. The van der Waals surface area contributed by atoms with Gasteiger partial charge in [0.2, 0.25) is 0 Å². The van der Waals surface area contributed by atoms with Crippen molar-refractivity contribution in [2.24, 2.45) is 0 Å². The maximum absolute atomic E-state index is 13.4. The minimum absolute atomic E-state index is 0.123. The van der Waals surface area contributed by atoms with Crippen molar-refractivity contribution in [3.05, 3.63) is 53.4 Å². The fourth-order valence-corrected chi connectivity index (χ4v) is 2.82. The maximum Gasteiger partial charge on any atom is 0.169 e. The van der Waals surface area contributed by atoms with Crippen molar-refractivity contribution in [1.82, 2.24) is 0 Å². The van der Waals surface area contributed by atoms with E-state index in [-0.39, 0.29) is 24.9 Å². The Hall–Kier alpha value is -2.84. The number of ether oxygens (including phenoxy) is 2. The monoisotopic (exact) mass is 355 g/mol. The van der Waals surface area contributed by atoms with Crippen LogP contribution in [-0.2, 0) is 0 Å². The fraction of sp³-hybridized carbons (Fsp3) is 0.286. The summed E-state index contributed by atoms with van der Waals surface area (Å²) in [6.07, 6.45) is 3.13. The molecule has 0 fully saturated rings. The lowest BCUT2D eigenvalue weighted by atomic mass is 9.88. The Labute approximate surface area is 153 Å². The van der Waals surface area contributed by atoms with Crippen molar-refractivity contribution in [1.29, 1.82) is 5.26 Å². The van der Waals surface area contributed by atoms with Gasteiger partial charge in [-0.25, -0.2) is 4.39 Å². The van der Waals surface area contributed by atoms with Gasteiger partial charge in [-0.2, -0.15) is 5.26 Å². The maximum atomic E-state index is 13.4. The standard InChI is InChI=1S/C21H22FNO3/c1-14(2)18-13-19(26-12-11-24)21(25-3)20(17(18)5-4-10-23)15-6-8-16(22)9-7-15/h4-9,13-14,24H,11-12H2,1-3H3/b5-4+. The van der Waals surface area contributed by atoms with E-state index in [1.54, 1.807) is 18.2 Å². The van der Waals surface area contributed by atoms with Gasteiger partial charge < -0.3 is 14.6 Å². The number of hydrogen-bond acceptors (Lipinski definition) is 4. The van der Waals surface area contributed by atoms with Crippen LogP contribution in [-0.4, -0.2) is 25.4 Å². The average Bonchev–Trinajstić information content (AvgIpc) is 2.64. The minimum Gasteiger partial charge on any atom is -0.492 e. The van der Waals surface area contributed by atoms with E-state index in [2.05, 4.69) is 0 Å². The Bertz CT molecular complexity index is 821. The lowest BCUT2D eigenvalue weighted by Gasteiger charge is -2.22. The van der Waals surface area contributed by atoms with Crippen LogP contribution >= 0.6 is 0 Å². The predicted molar refractivity (Wildman–Crippen MR) is 99.7 cm³/mol. The van der Waals surface area contributed by atoms with Crippen LogP contribution in [0.4, 0.5) is 4.39 Å². The second-order valence-corrected chi connectivity index (χ2v) is 5.98. The van der Waals surface area contributed by atoms with Crippen molar-refractivity contribution in [2.75, 3.05) is 20.3 Å². The largest absolute Gasteiger partial charge is 0.492 e. The van der Waals surface area contributed by atoms with E-state index < -0.39 is 0 Å². The Kier molecular flexibility index (Phi) is 6.76. The van der Waals surface area contributed by atoms with Crippen LogP contribution in [0.25, 0.3) is 17.2 Å². The molecule has 0 amide bonds. The molecule has 0 spiro atoms. The van der Waals surface area contributed by atoms with Crippen LogP contribution in [0.15, 0.2) is 36.4 Å². The molecule has 0 aromatic heterocycles. The first-order chi connectivity index (χ1) is 12.5. The van der Waals surface area contributed by atoms with Gasteiger partial charge in [-0.05, 0) is 46.9 Å². The third-order valence-corrected chi connectivity index (χ3v) is 3.95. The Morgan fingerprint density at radius 3 is 2.50 bits per heavy atom. The van der Waals surface area contributed by atoms with Gasteiger partial charge in [-0.3, -0.25) is 0 Å². The molecule has 0 bridgehead atoms. The zero-order chi connectivity index (χ0) is 19.1. The molecule has 26 heavy (non-hydrogen) atoms. The number of methoxy groups -OCH3 is 1. The first-order valence-corrected chi connectivity index (χ1v) is 8.34. The molecule has 0 saturated heterocycles. The second kappa shape index (κ2) is 9.02. The molecule has 0 heterocycles. The summed E-state index contributed by atoms with van der Waals surface area (Å²) in [4.78, 5) is 0. The zero-order valence-corrected chi connectivity index (χ0v) is 15.1. The highest BCUT2D eigenvalue weighted by Crippen LogP contribution is 2.45. The van der Waals surface area contributed by atoms with E-state index in [9.17, 15) is 4.39 Å². The number of nitriles is 1. The van der Waals surface area contributed by atoms with Gasteiger partial charge in [-0.15, -0.1) is 0 Å². The molecule has 1 N–H and O–H groups in total. The lowest BCUT2D eigenvalue weighted by molar-refractivity contribution is 0.196. The van der Waals surface area contributed by atoms with Crippen LogP contribution < -0.4 is 9.47 Å². The molecule has 0 atom stereocenters. The first kappa shape index (κ1) is 19.5. The summed E-state index contributed by atoms with van der Waals surface area (Å²) in [7, 11) is 1.53. The molecule has 0 saturated carbocycles. The normalized spacial score (nSPS) is 11.0. The van der Waals surface area contributed by atoms with Gasteiger partial charge in [0.05, 0.1) is 19.8 Å². The third kappa shape index (κ3) is 4.22. The van der Waals surface area contributed by atoms with Crippen LogP contribution in [0.5, 0.6) is 11.5 Å². The molecule has 2 rings (SSSR count). The van der Waals surface area contributed by atoms with Crippen molar-refractivity contribution in [3.8, 4) is 28.7 Å². The van der Waals surface area contributed by atoms with Gasteiger partial charge in [0.1, 0.15) is 12.4 Å². The summed E-state index contributed by atoms with van der Waals surface area (Å²) >= 11 is 0. The van der Waals surface area contributed by atoms with E-state index in [1.165, 1.54) is 25.3 Å². The van der Waals surface area contributed by atoms with Gasteiger partial charge in [0.15, 0.2) is 11.5 Å². The molecular formula is C21H22FNO3. The van der Waals surface area contributed by atoms with Crippen molar-refractivity contribution in [2.45, 2.75) is 19.8 Å². The lowest BCUT2D eigenvalue weighted by Crippen LogP contribution is -2.06. The highest BCUT2D eigenvalue weighted by atomic mass is 19.1. The highest BCUT2D eigenvalue weighted by molar-refractivity contribution is 5.85. The van der Waals surface area contributed by atoms with Gasteiger partial charge in [-0.1, -0.05) is 26.0 Å². The van der Waals surface area contributed by atoms with E-state index in [1.807, 2.05) is 26.0 Å². The van der Waals surface area contributed by atoms with Crippen molar-refractivity contribution in [3.63, 3.8) is 0 Å². The molecule has 0 aliphatic rings. The quantitative estimate of drug-likeness (QED) is 0.741. The van der Waals surface area contributed by atoms with Crippen molar-refractivity contribution >= 4 is 6.08 Å². The second-order valence-electron chi connectivity index (χ2n) is 5.98. The van der Waals surface area contributed by atoms with Crippen LogP contribution in [0, 0.1) is 17.1 Å². The SMILES string of the molecule is COc1c(OCCO)cc(C(C)C)c(/C=C/C#N)c1-c1ccc(F)cc1.